The van der Waals surface area contributed by atoms with E-state index in [2.05, 4.69) is 0 Å². The van der Waals surface area contributed by atoms with Crippen molar-refractivity contribution in [2.75, 3.05) is 6.54 Å². The summed E-state index contributed by atoms with van der Waals surface area (Å²) in [5.41, 5.74) is 0. The summed E-state index contributed by atoms with van der Waals surface area (Å²) >= 11 is 0. The van der Waals surface area contributed by atoms with Gasteiger partial charge in [-0.25, -0.2) is 13.1 Å². The highest BCUT2D eigenvalue weighted by molar-refractivity contribution is 7.89. The minimum absolute atomic E-state index is 0.126. The molecule has 0 aliphatic rings. The van der Waals surface area contributed by atoms with Gasteiger partial charge in [0, 0.05) is 6.54 Å². The number of nitrogens with one attached hydrogen (secondary N) is 1. The molecule has 17 heavy (non-hydrogen) atoms. The lowest BCUT2D eigenvalue weighted by Crippen LogP contribution is -2.28. The Balaban J connectivity index is 2.66. The molecule has 0 fully saturated rings. The van der Waals surface area contributed by atoms with Crippen molar-refractivity contribution < 1.29 is 26.7 Å². The van der Waals surface area contributed by atoms with Gasteiger partial charge in [0.25, 0.3) is 0 Å². The number of alkyl halides is 3. The zero-order valence-corrected chi connectivity index (χ0v) is 9.35. The number of phenolic OH excluding ortho intramolecular Hbond substituents is 1. The molecule has 1 rings (SSSR count). The summed E-state index contributed by atoms with van der Waals surface area (Å²) in [6.07, 6.45) is -5.64. The maximum Gasteiger partial charge on any atom is 0.390 e. The second-order valence-electron chi connectivity index (χ2n) is 3.26. The van der Waals surface area contributed by atoms with Crippen molar-refractivity contribution in [2.45, 2.75) is 17.5 Å². The van der Waals surface area contributed by atoms with Gasteiger partial charge in [0.1, 0.15) is 5.75 Å². The van der Waals surface area contributed by atoms with E-state index in [0.29, 0.717) is 0 Å². The summed E-state index contributed by atoms with van der Waals surface area (Å²) in [7, 11) is -3.96. The first-order valence-corrected chi connectivity index (χ1v) is 6.04. The van der Waals surface area contributed by atoms with Crippen LogP contribution in [0.15, 0.2) is 29.2 Å². The van der Waals surface area contributed by atoms with E-state index in [1.54, 1.807) is 0 Å². The topological polar surface area (TPSA) is 66.4 Å². The first kappa shape index (κ1) is 13.8. The molecule has 1 aromatic carbocycles. The van der Waals surface area contributed by atoms with Crippen LogP contribution in [-0.4, -0.2) is 26.2 Å². The van der Waals surface area contributed by atoms with Crippen LogP contribution in [0.3, 0.4) is 0 Å². The Morgan fingerprint density at radius 2 is 1.71 bits per heavy atom. The highest BCUT2D eigenvalue weighted by Gasteiger charge is 2.27. The zero-order valence-electron chi connectivity index (χ0n) is 8.53. The van der Waals surface area contributed by atoms with E-state index in [0.717, 1.165) is 24.3 Å². The Morgan fingerprint density at radius 1 is 1.18 bits per heavy atom. The fourth-order valence-corrected chi connectivity index (χ4v) is 2.07. The molecule has 0 heterocycles. The largest absolute Gasteiger partial charge is 0.508 e. The summed E-state index contributed by atoms with van der Waals surface area (Å²) in [5, 5.41) is 8.94. The molecule has 0 radical (unpaired) electrons. The van der Waals surface area contributed by atoms with Crippen LogP contribution < -0.4 is 4.72 Å². The average Bonchev–Trinajstić information content (AvgIpc) is 2.15. The van der Waals surface area contributed by atoms with Crippen LogP contribution >= 0.6 is 0 Å². The molecule has 1 aromatic rings. The molecule has 0 aliphatic heterocycles. The number of sulfonamides is 1. The van der Waals surface area contributed by atoms with Crippen molar-refractivity contribution in [1.82, 2.24) is 4.72 Å². The predicted molar refractivity (Wildman–Crippen MR) is 54.0 cm³/mol. The lowest BCUT2D eigenvalue weighted by molar-refractivity contribution is -0.132. The summed E-state index contributed by atoms with van der Waals surface area (Å²) in [6, 6.07) is 4.48. The lowest BCUT2D eigenvalue weighted by atomic mass is 10.3. The molecular formula is C9H10F3NO3S. The standard InChI is InChI=1S/C9H10F3NO3S/c10-9(11,12)5-6-13-17(15,16)8-3-1-7(14)2-4-8/h1-4,13-14H,5-6H2. The smallest absolute Gasteiger partial charge is 0.390 e. The molecule has 8 heteroatoms. The summed E-state index contributed by atoms with van der Waals surface area (Å²) in [5.74, 6) is -0.126. The minimum Gasteiger partial charge on any atom is -0.508 e. The van der Waals surface area contributed by atoms with Crippen molar-refractivity contribution in [2.24, 2.45) is 0 Å². The first-order chi connectivity index (χ1) is 7.71. The number of hydrogen-bond acceptors (Lipinski definition) is 3. The van der Waals surface area contributed by atoms with Crippen LogP contribution in [-0.2, 0) is 10.0 Å². The molecule has 0 aliphatic carbocycles. The fourth-order valence-electron chi connectivity index (χ4n) is 1.04. The van der Waals surface area contributed by atoms with Gasteiger partial charge in [-0.3, -0.25) is 0 Å². The van der Waals surface area contributed by atoms with E-state index in [1.807, 2.05) is 4.72 Å². The van der Waals surface area contributed by atoms with E-state index in [-0.39, 0.29) is 10.6 Å². The van der Waals surface area contributed by atoms with Gasteiger partial charge in [-0.05, 0) is 24.3 Å². The molecule has 0 aromatic heterocycles. The van der Waals surface area contributed by atoms with Gasteiger partial charge in [0.05, 0.1) is 11.3 Å². The Bertz CT molecular complexity index is 467. The van der Waals surface area contributed by atoms with E-state index in [1.165, 1.54) is 0 Å². The maximum absolute atomic E-state index is 11.8. The fraction of sp³-hybridized carbons (Fsp3) is 0.333. The molecular weight excluding hydrogens is 259 g/mol. The van der Waals surface area contributed by atoms with E-state index in [9.17, 15) is 21.6 Å². The lowest BCUT2D eigenvalue weighted by Gasteiger charge is -2.08. The SMILES string of the molecule is O=S(=O)(NCCC(F)(F)F)c1ccc(O)cc1. The third-order valence-corrected chi connectivity index (χ3v) is 3.32. The van der Waals surface area contributed by atoms with Crippen molar-refractivity contribution >= 4 is 10.0 Å². The Kier molecular flexibility index (Phi) is 3.99. The quantitative estimate of drug-likeness (QED) is 0.873. The zero-order chi connectivity index (χ0) is 13.1. The van der Waals surface area contributed by atoms with Crippen LogP contribution in [0.2, 0.25) is 0 Å². The third-order valence-electron chi connectivity index (χ3n) is 1.85. The first-order valence-electron chi connectivity index (χ1n) is 4.56. The highest BCUT2D eigenvalue weighted by atomic mass is 32.2. The van der Waals surface area contributed by atoms with Gasteiger partial charge in [-0.1, -0.05) is 0 Å². The number of aromatic hydroxyl groups is 1. The van der Waals surface area contributed by atoms with E-state index < -0.39 is 29.2 Å². The van der Waals surface area contributed by atoms with Crippen LogP contribution in [0.4, 0.5) is 13.2 Å². The van der Waals surface area contributed by atoms with Crippen molar-refractivity contribution in [1.29, 1.82) is 0 Å². The normalized spacial score (nSPS) is 12.6. The van der Waals surface area contributed by atoms with E-state index in [4.69, 9.17) is 5.11 Å². The van der Waals surface area contributed by atoms with Crippen LogP contribution in [0.1, 0.15) is 6.42 Å². The van der Waals surface area contributed by atoms with Crippen molar-refractivity contribution in [3.05, 3.63) is 24.3 Å². The Labute approximate surface area is 96.1 Å². The molecule has 0 spiro atoms. The Hall–Kier alpha value is -1.28. The highest BCUT2D eigenvalue weighted by Crippen LogP contribution is 2.19. The number of halogens is 3. The minimum atomic E-state index is -4.41. The Morgan fingerprint density at radius 3 is 2.18 bits per heavy atom. The molecule has 0 amide bonds. The number of phenols is 1. The number of rotatable bonds is 4. The van der Waals surface area contributed by atoms with Crippen molar-refractivity contribution in [3.8, 4) is 5.75 Å². The van der Waals surface area contributed by atoms with Crippen LogP contribution in [0.5, 0.6) is 5.75 Å². The van der Waals surface area contributed by atoms with Gasteiger partial charge < -0.3 is 5.11 Å². The van der Waals surface area contributed by atoms with Gasteiger partial charge >= 0.3 is 6.18 Å². The summed E-state index contributed by atoms with van der Waals surface area (Å²) in [4.78, 5) is -0.197. The molecule has 0 saturated carbocycles. The molecule has 0 bridgehead atoms. The number of benzene rings is 1. The summed E-state index contributed by atoms with van der Waals surface area (Å²) < 4.78 is 60.2. The van der Waals surface area contributed by atoms with Crippen molar-refractivity contribution in [3.63, 3.8) is 0 Å². The van der Waals surface area contributed by atoms with Crippen LogP contribution in [0.25, 0.3) is 0 Å². The average molecular weight is 269 g/mol. The van der Waals surface area contributed by atoms with Gasteiger partial charge in [-0.15, -0.1) is 0 Å². The van der Waals surface area contributed by atoms with Crippen LogP contribution in [0, 0.1) is 0 Å². The molecule has 0 atom stereocenters. The molecule has 4 nitrogen and oxygen atoms in total. The third kappa shape index (κ3) is 4.61. The predicted octanol–water partition coefficient (Wildman–Crippen LogP) is 1.62. The molecule has 96 valence electrons. The van der Waals surface area contributed by atoms with E-state index >= 15 is 0 Å². The second kappa shape index (κ2) is 4.92. The molecule has 0 saturated heterocycles. The monoisotopic (exact) mass is 269 g/mol. The van der Waals surface area contributed by atoms with Gasteiger partial charge in [0.2, 0.25) is 10.0 Å². The second-order valence-corrected chi connectivity index (χ2v) is 5.02. The maximum atomic E-state index is 11.8. The number of hydrogen-bond donors (Lipinski definition) is 2. The summed E-state index contributed by atoms with van der Waals surface area (Å²) in [6.45, 7) is -0.716. The molecule has 2 N–H and O–H groups in total. The van der Waals surface area contributed by atoms with Gasteiger partial charge in [0.15, 0.2) is 0 Å². The molecule has 0 unspecified atom stereocenters. The van der Waals surface area contributed by atoms with Gasteiger partial charge in [-0.2, -0.15) is 13.2 Å².